The van der Waals surface area contributed by atoms with E-state index in [2.05, 4.69) is 10.3 Å². The van der Waals surface area contributed by atoms with Gasteiger partial charge in [0.05, 0.1) is 6.54 Å². The topological polar surface area (TPSA) is 84.0 Å². The van der Waals surface area contributed by atoms with Crippen molar-refractivity contribution >= 4 is 35.0 Å². The Kier molecular flexibility index (Phi) is 5.83. The summed E-state index contributed by atoms with van der Waals surface area (Å²) in [4.78, 5) is 40.8. The summed E-state index contributed by atoms with van der Waals surface area (Å²) in [5.74, 6) is -0.595. The third-order valence-corrected chi connectivity index (χ3v) is 5.01. The first-order valence-electron chi connectivity index (χ1n) is 8.01. The number of aromatic amines is 1. The highest BCUT2D eigenvalue weighted by molar-refractivity contribution is 7.98. The van der Waals surface area contributed by atoms with Crippen LogP contribution >= 0.6 is 23.4 Å². The normalized spacial score (nSPS) is 10.6. The number of hydrogen-bond acceptors (Lipinski definition) is 4. The Labute approximate surface area is 164 Å². The van der Waals surface area contributed by atoms with E-state index in [1.54, 1.807) is 36.4 Å². The fraction of sp³-hybridized carbons (Fsp3) is 0.105. The van der Waals surface area contributed by atoms with Crippen molar-refractivity contribution in [3.8, 4) is 0 Å². The molecule has 0 radical (unpaired) electrons. The van der Waals surface area contributed by atoms with E-state index in [0.29, 0.717) is 16.3 Å². The van der Waals surface area contributed by atoms with Crippen molar-refractivity contribution in [1.29, 1.82) is 0 Å². The van der Waals surface area contributed by atoms with E-state index in [4.69, 9.17) is 11.6 Å². The molecule has 1 amide bonds. The number of thioether (sulfide) groups is 1. The SMILES string of the molecule is CSc1cccc(NC(=O)c2c[nH]c(=O)n(Cc3ccccc3Cl)c2=O)c1. The first-order valence-corrected chi connectivity index (χ1v) is 9.61. The number of nitrogens with one attached hydrogen (secondary N) is 2. The highest BCUT2D eigenvalue weighted by Crippen LogP contribution is 2.19. The third kappa shape index (κ3) is 4.32. The minimum Gasteiger partial charge on any atom is -0.322 e. The molecule has 2 aromatic carbocycles. The van der Waals surface area contributed by atoms with Crippen molar-refractivity contribution in [1.82, 2.24) is 9.55 Å². The van der Waals surface area contributed by atoms with Crippen molar-refractivity contribution < 1.29 is 4.79 Å². The number of halogens is 1. The number of carbonyl (C=O) groups is 1. The smallest absolute Gasteiger partial charge is 0.322 e. The van der Waals surface area contributed by atoms with Gasteiger partial charge in [0.1, 0.15) is 5.56 Å². The lowest BCUT2D eigenvalue weighted by molar-refractivity contribution is 0.102. The van der Waals surface area contributed by atoms with E-state index in [1.807, 2.05) is 18.4 Å². The van der Waals surface area contributed by atoms with Gasteiger partial charge in [-0.25, -0.2) is 4.79 Å². The number of benzene rings is 2. The molecule has 2 N–H and O–H groups in total. The highest BCUT2D eigenvalue weighted by atomic mass is 35.5. The van der Waals surface area contributed by atoms with Crippen LogP contribution in [0.25, 0.3) is 0 Å². The third-order valence-electron chi connectivity index (χ3n) is 3.92. The summed E-state index contributed by atoms with van der Waals surface area (Å²) in [6.07, 6.45) is 3.05. The van der Waals surface area contributed by atoms with Crippen LogP contribution in [0.5, 0.6) is 0 Å². The van der Waals surface area contributed by atoms with Crippen LogP contribution < -0.4 is 16.6 Å². The minimum atomic E-state index is -0.683. The van der Waals surface area contributed by atoms with Crippen LogP contribution in [0.15, 0.2) is 69.2 Å². The molecule has 0 saturated heterocycles. The molecule has 0 unspecified atom stereocenters. The largest absolute Gasteiger partial charge is 0.328 e. The van der Waals surface area contributed by atoms with Gasteiger partial charge in [-0.1, -0.05) is 35.9 Å². The molecule has 0 aliphatic carbocycles. The second-order valence-electron chi connectivity index (χ2n) is 5.68. The van der Waals surface area contributed by atoms with Crippen LogP contribution in [0.3, 0.4) is 0 Å². The molecule has 138 valence electrons. The number of amides is 1. The van der Waals surface area contributed by atoms with Gasteiger partial charge in [-0.05, 0) is 36.1 Å². The second-order valence-corrected chi connectivity index (χ2v) is 6.96. The molecule has 0 fully saturated rings. The van der Waals surface area contributed by atoms with Crippen molar-refractivity contribution in [2.24, 2.45) is 0 Å². The average molecular weight is 402 g/mol. The molecule has 1 aromatic heterocycles. The molecule has 0 atom stereocenters. The lowest BCUT2D eigenvalue weighted by atomic mass is 10.2. The van der Waals surface area contributed by atoms with Crippen LogP contribution in [0.4, 0.5) is 5.69 Å². The zero-order valence-electron chi connectivity index (χ0n) is 14.4. The molecule has 0 spiro atoms. The van der Waals surface area contributed by atoms with Crippen molar-refractivity contribution in [3.63, 3.8) is 0 Å². The maximum atomic E-state index is 12.7. The first kappa shape index (κ1) is 19.0. The molecule has 0 bridgehead atoms. The summed E-state index contributed by atoms with van der Waals surface area (Å²) in [5.41, 5.74) is -0.277. The van der Waals surface area contributed by atoms with Gasteiger partial charge < -0.3 is 10.3 Å². The molecular weight excluding hydrogens is 386 g/mol. The molecular formula is C19H16ClN3O3S. The van der Waals surface area contributed by atoms with Crippen LogP contribution in [-0.4, -0.2) is 21.7 Å². The second kappa shape index (κ2) is 8.28. The van der Waals surface area contributed by atoms with Crippen molar-refractivity contribution in [2.45, 2.75) is 11.4 Å². The van der Waals surface area contributed by atoms with Gasteiger partial charge in [-0.15, -0.1) is 11.8 Å². The summed E-state index contributed by atoms with van der Waals surface area (Å²) in [6.45, 7) is -0.0308. The van der Waals surface area contributed by atoms with E-state index in [9.17, 15) is 14.4 Å². The molecule has 8 heteroatoms. The zero-order chi connectivity index (χ0) is 19.4. The number of carbonyl (C=O) groups excluding carboxylic acids is 1. The predicted molar refractivity (Wildman–Crippen MR) is 108 cm³/mol. The van der Waals surface area contributed by atoms with Crippen molar-refractivity contribution in [3.05, 3.63) is 91.7 Å². The van der Waals surface area contributed by atoms with Crippen LogP contribution in [0.1, 0.15) is 15.9 Å². The Hall–Kier alpha value is -2.77. The van der Waals surface area contributed by atoms with E-state index < -0.39 is 17.2 Å². The zero-order valence-corrected chi connectivity index (χ0v) is 15.9. The minimum absolute atomic E-state index is 0.0308. The average Bonchev–Trinajstić information content (AvgIpc) is 2.66. The lowest BCUT2D eigenvalue weighted by Crippen LogP contribution is -2.39. The molecule has 1 heterocycles. The van der Waals surface area contributed by atoms with E-state index in [1.165, 1.54) is 11.8 Å². The van der Waals surface area contributed by atoms with Gasteiger partial charge in [0.15, 0.2) is 0 Å². The van der Waals surface area contributed by atoms with Crippen molar-refractivity contribution in [2.75, 3.05) is 11.6 Å². The first-order chi connectivity index (χ1) is 13.0. The predicted octanol–water partition coefficient (Wildman–Crippen LogP) is 3.21. The molecule has 0 aliphatic heterocycles. The van der Waals surface area contributed by atoms with E-state index in [0.717, 1.165) is 15.7 Å². The number of rotatable bonds is 5. The number of hydrogen-bond donors (Lipinski definition) is 2. The molecule has 0 saturated carbocycles. The highest BCUT2D eigenvalue weighted by Gasteiger charge is 2.16. The van der Waals surface area contributed by atoms with E-state index >= 15 is 0 Å². The van der Waals surface area contributed by atoms with Crippen LogP contribution in [-0.2, 0) is 6.54 Å². The Morgan fingerprint density at radius 2 is 1.96 bits per heavy atom. The molecule has 27 heavy (non-hydrogen) atoms. The van der Waals surface area contributed by atoms with Gasteiger partial charge in [0.25, 0.3) is 11.5 Å². The standard InChI is InChI=1S/C19H16ClN3O3S/c1-27-14-7-4-6-13(9-14)22-17(24)15-10-21-19(26)23(18(15)25)11-12-5-2-3-8-16(12)20/h2-10H,11H2,1H3,(H,21,26)(H,22,24). The Morgan fingerprint density at radius 1 is 1.19 bits per heavy atom. The molecule has 0 aliphatic rings. The number of nitrogens with zero attached hydrogens (tertiary/aromatic N) is 1. The maximum Gasteiger partial charge on any atom is 0.328 e. The molecule has 3 aromatic rings. The fourth-order valence-electron chi connectivity index (χ4n) is 2.51. The quantitative estimate of drug-likeness (QED) is 0.643. The Morgan fingerprint density at radius 3 is 2.70 bits per heavy atom. The monoisotopic (exact) mass is 401 g/mol. The maximum absolute atomic E-state index is 12.7. The lowest BCUT2D eigenvalue weighted by Gasteiger charge is -2.09. The van der Waals surface area contributed by atoms with Gasteiger partial charge in [0, 0.05) is 21.8 Å². The Bertz CT molecular complexity index is 1110. The number of aromatic nitrogens is 2. The summed E-state index contributed by atoms with van der Waals surface area (Å²) in [5, 5.41) is 3.12. The summed E-state index contributed by atoms with van der Waals surface area (Å²) < 4.78 is 0.953. The molecule has 3 rings (SSSR count). The fourth-order valence-corrected chi connectivity index (χ4v) is 3.17. The number of H-pyrrole nitrogens is 1. The summed E-state index contributed by atoms with van der Waals surface area (Å²) >= 11 is 7.65. The van der Waals surface area contributed by atoms with Gasteiger partial charge >= 0.3 is 5.69 Å². The van der Waals surface area contributed by atoms with Gasteiger partial charge in [-0.2, -0.15) is 0 Å². The van der Waals surface area contributed by atoms with Gasteiger partial charge in [0.2, 0.25) is 0 Å². The number of anilines is 1. The van der Waals surface area contributed by atoms with Crippen LogP contribution in [0, 0.1) is 0 Å². The summed E-state index contributed by atoms with van der Waals surface area (Å²) in [7, 11) is 0. The summed E-state index contributed by atoms with van der Waals surface area (Å²) in [6, 6.07) is 14.2. The molecule has 6 nitrogen and oxygen atoms in total. The Balaban J connectivity index is 1.92. The van der Waals surface area contributed by atoms with Crippen LogP contribution in [0.2, 0.25) is 5.02 Å². The van der Waals surface area contributed by atoms with Gasteiger partial charge in [-0.3, -0.25) is 14.2 Å². The van der Waals surface area contributed by atoms with E-state index in [-0.39, 0.29) is 12.1 Å².